The van der Waals surface area contributed by atoms with Gasteiger partial charge in [0.25, 0.3) is 0 Å². The molecule has 0 bridgehead atoms. The highest BCUT2D eigenvalue weighted by molar-refractivity contribution is 4.78. The van der Waals surface area contributed by atoms with Crippen LogP contribution in [0.2, 0.25) is 0 Å². The summed E-state index contributed by atoms with van der Waals surface area (Å²) >= 11 is 0. The second kappa shape index (κ2) is 7.34. The molecule has 80 valence electrons. The van der Waals surface area contributed by atoms with Gasteiger partial charge in [0.2, 0.25) is 0 Å². The summed E-state index contributed by atoms with van der Waals surface area (Å²) < 4.78 is 5.52. The Labute approximate surface area is 83.1 Å². The van der Waals surface area contributed by atoms with Gasteiger partial charge in [-0.05, 0) is 18.9 Å². The second-order valence-corrected chi connectivity index (χ2v) is 3.90. The lowest BCUT2D eigenvalue weighted by Gasteiger charge is -2.29. The zero-order valence-electron chi connectivity index (χ0n) is 9.76. The Morgan fingerprint density at radius 3 is 2.15 bits per heavy atom. The summed E-state index contributed by atoms with van der Waals surface area (Å²) in [5.74, 6) is 0.584. The van der Waals surface area contributed by atoms with Crippen LogP contribution in [0.3, 0.4) is 0 Å². The average Bonchev–Trinajstić information content (AvgIpc) is 2.05. The van der Waals surface area contributed by atoms with Crippen molar-refractivity contribution in [1.29, 1.82) is 0 Å². The maximum absolute atomic E-state index is 5.52. The fourth-order valence-electron chi connectivity index (χ4n) is 1.86. The minimum atomic E-state index is 0.347. The normalized spacial score (nSPS) is 16.2. The molecule has 0 spiro atoms. The van der Waals surface area contributed by atoms with Crippen LogP contribution >= 0.6 is 0 Å². The van der Waals surface area contributed by atoms with Gasteiger partial charge < -0.3 is 10.1 Å². The molecule has 0 aromatic carbocycles. The highest BCUT2D eigenvalue weighted by atomic mass is 16.5. The van der Waals surface area contributed by atoms with Crippen molar-refractivity contribution in [2.75, 3.05) is 13.7 Å². The Bertz CT molecular complexity index is 109. The monoisotopic (exact) mass is 187 g/mol. The first-order valence-corrected chi connectivity index (χ1v) is 5.43. The lowest BCUT2D eigenvalue weighted by molar-refractivity contribution is 0.0309. The van der Waals surface area contributed by atoms with Crippen molar-refractivity contribution in [2.24, 2.45) is 5.92 Å². The van der Waals surface area contributed by atoms with Gasteiger partial charge in [-0.25, -0.2) is 0 Å². The maximum atomic E-state index is 5.52. The minimum absolute atomic E-state index is 0.347. The van der Waals surface area contributed by atoms with Gasteiger partial charge in [-0.2, -0.15) is 0 Å². The van der Waals surface area contributed by atoms with Crippen LogP contribution in [0, 0.1) is 5.92 Å². The molecule has 0 saturated carbocycles. The van der Waals surface area contributed by atoms with E-state index < -0.39 is 0 Å². The molecule has 0 aromatic rings. The fourth-order valence-corrected chi connectivity index (χ4v) is 1.86. The summed E-state index contributed by atoms with van der Waals surface area (Å²) in [6.45, 7) is 9.83. The Kier molecular flexibility index (Phi) is 7.29. The summed E-state index contributed by atoms with van der Waals surface area (Å²) in [6, 6.07) is 0.514. The van der Waals surface area contributed by atoms with E-state index >= 15 is 0 Å². The Morgan fingerprint density at radius 1 is 1.23 bits per heavy atom. The van der Waals surface area contributed by atoms with E-state index in [1.165, 1.54) is 12.8 Å². The van der Waals surface area contributed by atoms with Crippen molar-refractivity contribution >= 4 is 0 Å². The van der Waals surface area contributed by atoms with E-state index in [2.05, 4.69) is 33.0 Å². The molecule has 0 amide bonds. The molecule has 13 heavy (non-hydrogen) atoms. The summed E-state index contributed by atoms with van der Waals surface area (Å²) in [7, 11) is 1.81. The Morgan fingerprint density at radius 2 is 1.85 bits per heavy atom. The average molecular weight is 187 g/mol. The lowest BCUT2D eigenvalue weighted by atomic mass is 9.96. The quantitative estimate of drug-likeness (QED) is 0.661. The molecule has 0 rings (SSSR count). The van der Waals surface area contributed by atoms with Gasteiger partial charge in [-0.15, -0.1) is 0 Å². The molecule has 2 nitrogen and oxygen atoms in total. The van der Waals surface area contributed by atoms with Crippen LogP contribution in [-0.4, -0.2) is 25.8 Å². The SMILES string of the molecule is CCCC(NCC)C(OC)C(C)C. The number of nitrogens with one attached hydrogen (secondary N) is 1. The van der Waals surface area contributed by atoms with Gasteiger partial charge >= 0.3 is 0 Å². The van der Waals surface area contributed by atoms with Crippen molar-refractivity contribution in [3.63, 3.8) is 0 Å². The molecular weight excluding hydrogens is 162 g/mol. The molecule has 0 heterocycles. The number of methoxy groups -OCH3 is 1. The van der Waals surface area contributed by atoms with E-state index in [4.69, 9.17) is 4.74 Å². The molecule has 0 aliphatic heterocycles. The third kappa shape index (κ3) is 4.63. The largest absolute Gasteiger partial charge is 0.380 e. The van der Waals surface area contributed by atoms with E-state index in [-0.39, 0.29) is 0 Å². The van der Waals surface area contributed by atoms with Crippen molar-refractivity contribution in [3.05, 3.63) is 0 Å². The van der Waals surface area contributed by atoms with Crippen molar-refractivity contribution in [1.82, 2.24) is 5.32 Å². The molecule has 1 N–H and O–H groups in total. The van der Waals surface area contributed by atoms with Gasteiger partial charge in [0.1, 0.15) is 0 Å². The molecule has 2 unspecified atom stereocenters. The molecular formula is C11H25NO. The molecule has 0 saturated heterocycles. The maximum Gasteiger partial charge on any atom is 0.0747 e. The van der Waals surface area contributed by atoms with Crippen LogP contribution in [0.1, 0.15) is 40.5 Å². The fraction of sp³-hybridized carbons (Fsp3) is 1.00. The van der Waals surface area contributed by atoms with Crippen LogP contribution in [0.25, 0.3) is 0 Å². The summed E-state index contributed by atoms with van der Waals surface area (Å²) in [5, 5.41) is 3.49. The Balaban J connectivity index is 4.11. The van der Waals surface area contributed by atoms with Gasteiger partial charge in [0.05, 0.1) is 6.10 Å². The van der Waals surface area contributed by atoms with Crippen LogP contribution in [0.5, 0.6) is 0 Å². The number of likely N-dealkylation sites (N-methyl/N-ethyl adjacent to an activating group) is 1. The Hall–Kier alpha value is -0.0800. The van der Waals surface area contributed by atoms with E-state index in [1.807, 2.05) is 7.11 Å². The topological polar surface area (TPSA) is 21.3 Å². The predicted octanol–water partition coefficient (Wildman–Crippen LogP) is 2.44. The number of hydrogen-bond donors (Lipinski definition) is 1. The predicted molar refractivity (Wildman–Crippen MR) is 58.0 cm³/mol. The zero-order chi connectivity index (χ0) is 10.3. The summed E-state index contributed by atoms with van der Waals surface area (Å²) in [6.07, 6.45) is 2.76. The first-order valence-electron chi connectivity index (χ1n) is 5.43. The molecule has 2 atom stereocenters. The molecule has 0 aliphatic rings. The van der Waals surface area contributed by atoms with Crippen LogP contribution in [0.4, 0.5) is 0 Å². The standard InChI is InChI=1S/C11H25NO/c1-6-8-10(12-7-2)11(13-5)9(3)4/h9-12H,6-8H2,1-5H3. The second-order valence-electron chi connectivity index (χ2n) is 3.90. The van der Waals surface area contributed by atoms with Crippen molar-refractivity contribution in [3.8, 4) is 0 Å². The summed E-state index contributed by atoms with van der Waals surface area (Å²) in [5.41, 5.74) is 0. The van der Waals surface area contributed by atoms with Gasteiger partial charge in [0, 0.05) is 13.2 Å². The number of hydrogen-bond acceptors (Lipinski definition) is 2. The van der Waals surface area contributed by atoms with Crippen LogP contribution in [-0.2, 0) is 4.74 Å². The summed E-state index contributed by atoms with van der Waals surface area (Å²) in [4.78, 5) is 0. The molecule has 0 aliphatic carbocycles. The third-order valence-electron chi connectivity index (χ3n) is 2.39. The van der Waals surface area contributed by atoms with Gasteiger partial charge in [-0.3, -0.25) is 0 Å². The molecule has 2 heteroatoms. The first-order chi connectivity index (χ1) is 6.17. The van der Waals surface area contributed by atoms with E-state index in [0.717, 1.165) is 6.54 Å². The number of rotatable bonds is 7. The van der Waals surface area contributed by atoms with Crippen LogP contribution < -0.4 is 5.32 Å². The van der Waals surface area contributed by atoms with Gasteiger partial charge in [0.15, 0.2) is 0 Å². The van der Waals surface area contributed by atoms with Gasteiger partial charge in [-0.1, -0.05) is 34.1 Å². The minimum Gasteiger partial charge on any atom is -0.380 e. The first kappa shape index (κ1) is 12.9. The van der Waals surface area contributed by atoms with E-state index in [1.54, 1.807) is 0 Å². The highest BCUT2D eigenvalue weighted by Gasteiger charge is 2.22. The highest BCUT2D eigenvalue weighted by Crippen LogP contribution is 2.14. The van der Waals surface area contributed by atoms with E-state index in [9.17, 15) is 0 Å². The van der Waals surface area contributed by atoms with Crippen molar-refractivity contribution in [2.45, 2.75) is 52.7 Å². The smallest absolute Gasteiger partial charge is 0.0747 e. The van der Waals surface area contributed by atoms with E-state index in [0.29, 0.717) is 18.1 Å². The third-order valence-corrected chi connectivity index (χ3v) is 2.39. The molecule has 0 radical (unpaired) electrons. The molecule has 0 aromatic heterocycles. The van der Waals surface area contributed by atoms with Crippen molar-refractivity contribution < 1.29 is 4.74 Å². The number of ether oxygens (including phenoxy) is 1. The zero-order valence-corrected chi connectivity index (χ0v) is 9.76. The van der Waals surface area contributed by atoms with Crippen LogP contribution in [0.15, 0.2) is 0 Å². The lowest BCUT2D eigenvalue weighted by Crippen LogP contribution is -2.43. The molecule has 0 fully saturated rings.